The molecule has 9 heteroatoms. The summed E-state index contributed by atoms with van der Waals surface area (Å²) in [6.07, 6.45) is 5.86. The third-order valence-electron chi connectivity index (χ3n) is 3.69. The summed E-state index contributed by atoms with van der Waals surface area (Å²) in [4.78, 5) is 10.4. The fourth-order valence-corrected chi connectivity index (χ4v) is 3.27. The summed E-state index contributed by atoms with van der Waals surface area (Å²) in [7, 11) is 0. The van der Waals surface area contributed by atoms with Gasteiger partial charge >= 0.3 is 0 Å². The van der Waals surface area contributed by atoms with Gasteiger partial charge in [-0.15, -0.1) is 45.5 Å². The van der Waals surface area contributed by atoms with Crippen LogP contribution < -0.4 is 10.6 Å². The van der Waals surface area contributed by atoms with Crippen molar-refractivity contribution in [3.05, 3.63) is 46.3 Å². The first-order valence-corrected chi connectivity index (χ1v) is 9.36. The van der Waals surface area contributed by atoms with Crippen LogP contribution in [-0.4, -0.2) is 38.6 Å². The third kappa shape index (κ3) is 5.37. The molecule has 0 aliphatic carbocycles. The Hall–Kier alpha value is -1.75. The number of nitrogens with one attached hydrogen (secondary N) is 2. The lowest BCUT2D eigenvalue weighted by molar-refractivity contribution is 0.785. The largest absolute Gasteiger partial charge is 0.357 e. The average molecular weight is 485 g/mol. The molecule has 0 atom stereocenters. The molecule has 0 spiro atoms. The van der Waals surface area contributed by atoms with Gasteiger partial charge < -0.3 is 10.6 Å². The predicted molar refractivity (Wildman–Crippen MR) is 116 cm³/mol. The van der Waals surface area contributed by atoms with Crippen LogP contribution in [0, 0.1) is 0 Å². The number of aryl methyl sites for hydroxylation is 1. The van der Waals surface area contributed by atoms with Gasteiger partial charge in [-0.25, -0.2) is 9.98 Å². The van der Waals surface area contributed by atoms with Gasteiger partial charge in [-0.3, -0.25) is 4.40 Å². The highest BCUT2D eigenvalue weighted by Gasteiger charge is 2.05. The second-order valence-electron chi connectivity index (χ2n) is 5.49. The van der Waals surface area contributed by atoms with Gasteiger partial charge in [0.15, 0.2) is 17.4 Å². The lowest BCUT2D eigenvalue weighted by Gasteiger charge is -2.10. The van der Waals surface area contributed by atoms with Crippen LogP contribution in [0.1, 0.15) is 29.6 Å². The van der Waals surface area contributed by atoms with Crippen LogP contribution in [0.15, 0.2) is 35.6 Å². The van der Waals surface area contributed by atoms with E-state index in [2.05, 4.69) is 44.7 Å². The van der Waals surface area contributed by atoms with E-state index >= 15 is 0 Å². The van der Waals surface area contributed by atoms with Crippen molar-refractivity contribution >= 4 is 46.9 Å². The molecule has 3 heterocycles. The van der Waals surface area contributed by atoms with Crippen LogP contribution >= 0.6 is 35.3 Å². The van der Waals surface area contributed by atoms with Crippen molar-refractivity contribution in [2.75, 3.05) is 13.1 Å². The van der Waals surface area contributed by atoms with Crippen LogP contribution in [0.2, 0.25) is 0 Å². The van der Waals surface area contributed by atoms with Gasteiger partial charge in [0, 0.05) is 36.8 Å². The first kappa shape index (κ1) is 20.6. The molecule has 2 N–H and O–H groups in total. The Morgan fingerprint density at radius 3 is 2.88 bits per heavy atom. The SMILES string of the molecule is CCNC(=NCc1nnc2ccccn12)NCCc1ncc(CC)s1.I. The Morgan fingerprint density at radius 1 is 1.23 bits per heavy atom. The second kappa shape index (κ2) is 10.4. The molecule has 0 saturated carbocycles. The molecule has 0 aliphatic heterocycles. The Kier molecular flexibility index (Phi) is 8.23. The Labute approximate surface area is 174 Å². The van der Waals surface area contributed by atoms with Gasteiger partial charge in [-0.05, 0) is 25.5 Å². The number of nitrogens with zero attached hydrogens (tertiary/aromatic N) is 5. The number of hydrogen-bond acceptors (Lipinski definition) is 5. The van der Waals surface area contributed by atoms with Gasteiger partial charge in [0.05, 0.1) is 5.01 Å². The number of pyridine rings is 1. The third-order valence-corrected chi connectivity index (χ3v) is 4.89. The van der Waals surface area contributed by atoms with Crippen molar-refractivity contribution in [2.45, 2.75) is 33.2 Å². The molecule has 0 aromatic carbocycles. The number of guanidine groups is 1. The molecule has 26 heavy (non-hydrogen) atoms. The zero-order valence-electron chi connectivity index (χ0n) is 15.0. The molecule has 0 bridgehead atoms. The van der Waals surface area contributed by atoms with Crippen molar-refractivity contribution in [1.82, 2.24) is 30.2 Å². The molecular weight excluding hydrogens is 461 g/mol. The Morgan fingerprint density at radius 2 is 2.12 bits per heavy atom. The molecule has 0 saturated heterocycles. The van der Waals surface area contributed by atoms with E-state index in [0.29, 0.717) is 6.54 Å². The predicted octanol–water partition coefficient (Wildman–Crippen LogP) is 2.66. The summed E-state index contributed by atoms with van der Waals surface area (Å²) in [6.45, 7) is 6.28. The van der Waals surface area contributed by atoms with Gasteiger partial charge in [0.1, 0.15) is 6.54 Å². The second-order valence-corrected chi connectivity index (χ2v) is 6.69. The summed E-state index contributed by atoms with van der Waals surface area (Å²) in [5.74, 6) is 1.60. The summed E-state index contributed by atoms with van der Waals surface area (Å²) in [6, 6.07) is 5.85. The maximum absolute atomic E-state index is 4.61. The quantitative estimate of drug-likeness (QED) is 0.306. The maximum Gasteiger partial charge on any atom is 0.191 e. The summed E-state index contributed by atoms with van der Waals surface area (Å²) < 4.78 is 1.95. The van der Waals surface area contributed by atoms with Crippen LogP contribution in [0.3, 0.4) is 0 Å². The summed E-state index contributed by atoms with van der Waals surface area (Å²) in [5, 5.41) is 16.1. The fourth-order valence-electron chi connectivity index (χ4n) is 2.41. The molecule has 0 unspecified atom stereocenters. The number of fused-ring (bicyclic) bond motifs is 1. The number of aliphatic imine (C=N–C) groups is 1. The van der Waals surface area contributed by atoms with Crippen LogP contribution in [0.4, 0.5) is 0 Å². The van der Waals surface area contributed by atoms with Gasteiger partial charge in [-0.1, -0.05) is 13.0 Å². The average Bonchev–Trinajstić information content (AvgIpc) is 3.26. The van der Waals surface area contributed by atoms with Crippen molar-refractivity contribution in [2.24, 2.45) is 4.99 Å². The number of thiazole rings is 1. The Balaban J connectivity index is 0.00000243. The van der Waals surface area contributed by atoms with Crippen molar-refractivity contribution in [3.63, 3.8) is 0 Å². The molecular formula is C17H24IN7S. The van der Waals surface area contributed by atoms with Gasteiger partial charge in [0.2, 0.25) is 0 Å². The van der Waals surface area contributed by atoms with E-state index in [9.17, 15) is 0 Å². The highest BCUT2D eigenvalue weighted by Crippen LogP contribution is 2.13. The highest BCUT2D eigenvalue weighted by atomic mass is 127. The Bertz CT molecular complexity index is 842. The van der Waals surface area contributed by atoms with Gasteiger partial charge in [0.25, 0.3) is 0 Å². The van der Waals surface area contributed by atoms with E-state index in [1.165, 1.54) is 4.88 Å². The number of rotatable bonds is 7. The molecule has 3 rings (SSSR count). The number of hydrogen-bond donors (Lipinski definition) is 2. The maximum atomic E-state index is 4.61. The molecule has 3 aromatic rings. The first-order valence-electron chi connectivity index (χ1n) is 8.54. The lowest BCUT2D eigenvalue weighted by atomic mass is 10.4. The summed E-state index contributed by atoms with van der Waals surface area (Å²) in [5.41, 5.74) is 0.834. The molecule has 0 aliphatic rings. The standard InChI is InChI=1S/C17H23N7S.HI/c1-3-13-11-20-16(25-13)8-9-19-17(18-4-2)21-12-15-23-22-14-7-5-6-10-24(14)15;/h5-7,10-11H,3-4,8-9,12H2,1-2H3,(H2,18,19,21);1H. The van der Waals surface area contributed by atoms with Crippen molar-refractivity contribution in [3.8, 4) is 0 Å². The van der Waals surface area contributed by atoms with E-state index in [1.807, 2.05) is 35.0 Å². The lowest BCUT2D eigenvalue weighted by Crippen LogP contribution is -2.38. The molecule has 7 nitrogen and oxygen atoms in total. The molecule has 3 aromatic heterocycles. The van der Waals surface area contributed by atoms with E-state index < -0.39 is 0 Å². The molecule has 0 fully saturated rings. The zero-order chi connectivity index (χ0) is 17.5. The monoisotopic (exact) mass is 485 g/mol. The molecule has 140 valence electrons. The summed E-state index contributed by atoms with van der Waals surface area (Å²) >= 11 is 1.78. The molecule has 0 radical (unpaired) electrons. The zero-order valence-corrected chi connectivity index (χ0v) is 18.1. The van der Waals surface area contributed by atoms with E-state index in [0.717, 1.165) is 48.4 Å². The minimum Gasteiger partial charge on any atom is -0.357 e. The van der Waals surface area contributed by atoms with E-state index in [-0.39, 0.29) is 24.0 Å². The van der Waals surface area contributed by atoms with Gasteiger partial charge in [-0.2, -0.15) is 0 Å². The first-order chi connectivity index (χ1) is 12.3. The fraction of sp³-hybridized carbons (Fsp3) is 0.412. The minimum absolute atomic E-state index is 0. The van der Waals surface area contributed by atoms with Crippen molar-refractivity contribution < 1.29 is 0 Å². The normalized spacial score (nSPS) is 11.4. The van der Waals surface area contributed by atoms with E-state index in [4.69, 9.17) is 0 Å². The van der Waals surface area contributed by atoms with E-state index in [1.54, 1.807) is 11.3 Å². The van der Waals surface area contributed by atoms with Crippen LogP contribution in [0.5, 0.6) is 0 Å². The number of aromatic nitrogens is 4. The molecule has 0 amide bonds. The van der Waals surface area contributed by atoms with Crippen molar-refractivity contribution in [1.29, 1.82) is 0 Å². The topological polar surface area (TPSA) is 79.5 Å². The smallest absolute Gasteiger partial charge is 0.191 e. The van der Waals surface area contributed by atoms with Crippen LogP contribution in [0.25, 0.3) is 5.65 Å². The van der Waals surface area contributed by atoms with Crippen LogP contribution in [-0.2, 0) is 19.4 Å². The minimum atomic E-state index is 0. The highest BCUT2D eigenvalue weighted by molar-refractivity contribution is 14.0. The number of halogens is 1.